The first-order valence-corrected chi connectivity index (χ1v) is 7.21. The van der Waals surface area contributed by atoms with Crippen LogP contribution in [-0.4, -0.2) is 39.1 Å². The minimum absolute atomic E-state index is 0.0402. The van der Waals surface area contributed by atoms with Crippen LogP contribution in [0.25, 0.3) is 11.5 Å². The minimum atomic E-state index is -0.437. The normalized spacial score (nSPS) is 18.7. The van der Waals surface area contributed by atoms with Crippen LogP contribution in [-0.2, 0) is 6.54 Å². The third-order valence-electron chi connectivity index (χ3n) is 3.95. The lowest BCUT2D eigenvalue weighted by Gasteiger charge is -2.20. The molecular weight excluding hydrogens is 286 g/mol. The van der Waals surface area contributed by atoms with E-state index in [1.807, 2.05) is 0 Å². The Balaban J connectivity index is 1.72. The van der Waals surface area contributed by atoms with Gasteiger partial charge in [0.25, 0.3) is 5.69 Å². The number of hydrogen-bond acceptors (Lipinski definition) is 6. The average molecular weight is 303 g/mol. The van der Waals surface area contributed by atoms with E-state index in [0.29, 0.717) is 18.0 Å². The van der Waals surface area contributed by atoms with Crippen LogP contribution in [0.1, 0.15) is 18.5 Å². The minimum Gasteiger partial charge on any atom is -0.444 e. The molecule has 116 valence electrons. The van der Waals surface area contributed by atoms with Gasteiger partial charge in [-0.25, -0.2) is 4.98 Å². The largest absolute Gasteiger partial charge is 0.444 e. The van der Waals surface area contributed by atoms with E-state index < -0.39 is 4.92 Å². The molecule has 22 heavy (non-hydrogen) atoms. The molecular formula is C15H17N3O4. The summed E-state index contributed by atoms with van der Waals surface area (Å²) in [4.78, 5) is 16.8. The number of likely N-dealkylation sites (tertiary alicyclic amines) is 1. The maximum absolute atomic E-state index is 10.6. The number of oxazole rings is 1. The van der Waals surface area contributed by atoms with Crippen LogP contribution in [0.15, 0.2) is 34.9 Å². The maximum Gasteiger partial charge on any atom is 0.269 e. The molecule has 7 heteroatoms. The molecule has 1 aliphatic heterocycles. The first-order chi connectivity index (χ1) is 10.7. The van der Waals surface area contributed by atoms with E-state index in [-0.39, 0.29) is 18.3 Å². The van der Waals surface area contributed by atoms with Crippen molar-refractivity contribution in [3.05, 3.63) is 46.3 Å². The number of aromatic nitrogens is 1. The van der Waals surface area contributed by atoms with E-state index in [1.165, 1.54) is 12.1 Å². The van der Waals surface area contributed by atoms with Gasteiger partial charge in [-0.05, 0) is 31.5 Å². The second-order valence-electron chi connectivity index (χ2n) is 5.40. The molecule has 0 amide bonds. The standard InChI is InChI=1S/C15H17N3O4/c19-9-14-2-1-7-17(14)8-12-10-22-15(16-12)11-3-5-13(6-4-11)18(20)21/h3-6,10,14,19H,1-2,7-9H2/t14-/m1/s1. The van der Waals surface area contributed by atoms with Crippen molar-refractivity contribution in [3.63, 3.8) is 0 Å². The van der Waals surface area contributed by atoms with Crippen molar-refractivity contribution in [2.24, 2.45) is 0 Å². The van der Waals surface area contributed by atoms with Crippen molar-refractivity contribution in [1.82, 2.24) is 9.88 Å². The summed E-state index contributed by atoms with van der Waals surface area (Å²) in [5, 5.41) is 20.0. The van der Waals surface area contributed by atoms with Gasteiger partial charge < -0.3 is 9.52 Å². The van der Waals surface area contributed by atoms with Crippen molar-refractivity contribution in [1.29, 1.82) is 0 Å². The predicted octanol–water partition coefficient (Wildman–Crippen LogP) is 2.21. The molecule has 0 spiro atoms. The zero-order valence-corrected chi connectivity index (χ0v) is 12.0. The summed E-state index contributed by atoms with van der Waals surface area (Å²) >= 11 is 0. The second kappa shape index (κ2) is 6.25. The van der Waals surface area contributed by atoms with Crippen molar-refractivity contribution in [2.75, 3.05) is 13.2 Å². The van der Waals surface area contributed by atoms with Crippen LogP contribution in [0.2, 0.25) is 0 Å². The molecule has 1 N–H and O–H groups in total. The van der Waals surface area contributed by atoms with Crippen molar-refractivity contribution >= 4 is 5.69 Å². The van der Waals surface area contributed by atoms with Crippen LogP contribution in [0.5, 0.6) is 0 Å². The highest BCUT2D eigenvalue weighted by molar-refractivity contribution is 5.55. The lowest BCUT2D eigenvalue weighted by Crippen LogP contribution is -2.31. The zero-order valence-electron chi connectivity index (χ0n) is 12.0. The van der Waals surface area contributed by atoms with Gasteiger partial charge in [-0.15, -0.1) is 0 Å². The highest BCUT2D eigenvalue weighted by Gasteiger charge is 2.24. The molecule has 3 rings (SSSR count). The van der Waals surface area contributed by atoms with Crippen LogP contribution in [0.3, 0.4) is 0 Å². The van der Waals surface area contributed by atoms with Gasteiger partial charge in [-0.1, -0.05) is 0 Å². The Morgan fingerprint density at radius 1 is 1.41 bits per heavy atom. The fourth-order valence-electron chi connectivity index (χ4n) is 2.76. The molecule has 0 saturated carbocycles. The van der Waals surface area contributed by atoms with Crippen molar-refractivity contribution < 1.29 is 14.4 Å². The van der Waals surface area contributed by atoms with E-state index in [4.69, 9.17) is 4.42 Å². The Hall–Kier alpha value is -2.25. The Kier molecular flexibility index (Phi) is 4.17. The summed E-state index contributed by atoms with van der Waals surface area (Å²) in [6, 6.07) is 6.31. The Morgan fingerprint density at radius 3 is 2.86 bits per heavy atom. The van der Waals surface area contributed by atoms with E-state index in [1.54, 1.807) is 18.4 Å². The molecule has 1 fully saturated rings. The number of aliphatic hydroxyl groups is 1. The summed E-state index contributed by atoms with van der Waals surface area (Å²) < 4.78 is 5.46. The zero-order chi connectivity index (χ0) is 15.5. The van der Waals surface area contributed by atoms with E-state index in [0.717, 1.165) is 25.1 Å². The van der Waals surface area contributed by atoms with Crippen LogP contribution in [0, 0.1) is 10.1 Å². The molecule has 1 saturated heterocycles. The second-order valence-corrected chi connectivity index (χ2v) is 5.40. The van der Waals surface area contributed by atoms with Gasteiger partial charge in [0.1, 0.15) is 6.26 Å². The SMILES string of the molecule is O=[N+]([O-])c1ccc(-c2nc(CN3CCC[C@@H]3CO)co2)cc1. The topological polar surface area (TPSA) is 92.6 Å². The smallest absolute Gasteiger partial charge is 0.269 e. The quantitative estimate of drug-likeness (QED) is 0.672. The lowest BCUT2D eigenvalue weighted by molar-refractivity contribution is -0.384. The first kappa shape index (κ1) is 14.7. The molecule has 2 aromatic rings. The Labute approximate surface area is 127 Å². The highest BCUT2D eigenvalue weighted by Crippen LogP contribution is 2.24. The summed E-state index contributed by atoms with van der Waals surface area (Å²) in [6.07, 6.45) is 3.69. The summed E-state index contributed by atoms with van der Waals surface area (Å²) in [7, 11) is 0. The van der Waals surface area contributed by atoms with Gasteiger partial charge in [-0.3, -0.25) is 15.0 Å². The average Bonchev–Trinajstić information content (AvgIpc) is 3.17. The summed E-state index contributed by atoms with van der Waals surface area (Å²) in [5.41, 5.74) is 1.55. The fourth-order valence-corrected chi connectivity index (χ4v) is 2.76. The van der Waals surface area contributed by atoms with Gasteiger partial charge in [0.05, 0.1) is 17.2 Å². The number of nitrogens with zero attached hydrogens (tertiary/aromatic N) is 3. The fraction of sp³-hybridized carbons (Fsp3) is 0.400. The number of non-ortho nitro benzene ring substituents is 1. The number of hydrogen-bond donors (Lipinski definition) is 1. The number of nitro groups is 1. The van der Waals surface area contributed by atoms with E-state index in [9.17, 15) is 15.2 Å². The monoisotopic (exact) mass is 303 g/mol. The van der Waals surface area contributed by atoms with Crippen molar-refractivity contribution in [2.45, 2.75) is 25.4 Å². The molecule has 0 radical (unpaired) electrons. The summed E-state index contributed by atoms with van der Waals surface area (Å²) in [5.74, 6) is 0.449. The first-order valence-electron chi connectivity index (χ1n) is 7.21. The molecule has 1 aromatic heterocycles. The molecule has 1 atom stereocenters. The molecule has 2 heterocycles. The number of rotatable bonds is 5. The number of benzene rings is 1. The van der Waals surface area contributed by atoms with E-state index >= 15 is 0 Å². The molecule has 0 bridgehead atoms. The lowest BCUT2D eigenvalue weighted by atomic mass is 10.2. The van der Waals surface area contributed by atoms with E-state index in [2.05, 4.69) is 9.88 Å². The molecule has 0 unspecified atom stereocenters. The number of aliphatic hydroxyl groups excluding tert-OH is 1. The summed E-state index contributed by atoms with van der Waals surface area (Å²) in [6.45, 7) is 1.75. The van der Waals surface area contributed by atoms with Gasteiger partial charge in [-0.2, -0.15) is 0 Å². The molecule has 1 aromatic carbocycles. The number of nitro benzene ring substituents is 1. The van der Waals surface area contributed by atoms with Gasteiger partial charge >= 0.3 is 0 Å². The third kappa shape index (κ3) is 3.00. The van der Waals surface area contributed by atoms with Crippen LogP contribution < -0.4 is 0 Å². The maximum atomic E-state index is 10.6. The molecule has 7 nitrogen and oxygen atoms in total. The van der Waals surface area contributed by atoms with Gasteiger partial charge in [0.15, 0.2) is 0 Å². The molecule has 0 aliphatic carbocycles. The van der Waals surface area contributed by atoms with Crippen LogP contribution in [0.4, 0.5) is 5.69 Å². The third-order valence-corrected chi connectivity index (χ3v) is 3.95. The predicted molar refractivity (Wildman–Crippen MR) is 79.1 cm³/mol. The van der Waals surface area contributed by atoms with Gasteiger partial charge in [0, 0.05) is 30.3 Å². The van der Waals surface area contributed by atoms with Crippen molar-refractivity contribution in [3.8, 4) is 11.5 Å². The molecule has 1 aliphatic rings. The highest BCUT2D eigenvalue weighted by atomic mass is 16.6. The van der Waals surface area contributed by atoms with Gasteiger partial charge in [0.2, 0.25) is 5.89 Å². The Bertz CT molecular complexity index is 653. The Morgan fingerprint density at radius 2 is 2.18 bits per heavy atom. The van der Waals surface area contributed by atoms with Crippen LogP contribution >= 0.6 is 0 Å².